The van der Waals surface area contributed by atoms with Crippen molar-refractivity contribution in [2.24, 2.45) is 5.92 Å². The molecule has 5 nitrogen and oxygen atoms in total. The molecule has 0 aromatic carbocycles. The lowest BCUT2D eigenvalue weighted by atomic mass is 10.1. The molecule has 1 saturated carbocycles. The molecule has 0 amide bonds. The maximum Gasteiger partial charge on any atom is 0.251 e. The molecule has 122 valence electrons. The van der Waals surface area contributed by atoms with Crippen LogP contribution in [0.5, 0.6) is 0 Å². The fraction of sp³-hybridized carbons (Fsp3) is 0.643. The van der Waals surface area contributed by atoms with Gasteiger partial charge < -0.3 is 4.90 Å². The predicted molar refractivity (Wildman–Crippen MR) is 80.9 cm³/mol. The first-order valence-corrected chi connectivity index (χ1v) is 8.95. The molecule has 3 rings (SSSR count). The van der Waals surface area contributed by atoms with E-state index in [1.165, 1.54) is 10.5 Å². The number of pyridine rings is 1. The van der Waals surface area contributed by atoms with Gasteiger partial charge in [0.2, 0.25) is 10.0 Å². The Labute approximate surface area is 129 Å². The van der Waals surface area contributed by atoms with Gasteiger partial charge in [0, 0.05) is 32.1 Å². The molecule has 0 radical (unpaired) electrons. The molecule has 0 spiro atoms. The van der Waals surface area contributed by atoms with Crippen molar-refractivity contribution in [1.29, 1.82) is 0 Å². The van der Waals surface area contributed by atoms with Gasteiger partial charge in [0.15, 0.2) is 0 Å². The van der Waals surface area contributed by atoms with E-state index in [0.29, 0.717) is 18.7 Å². The number of alkyl halides is 2. The second-order valence-corrected chi connectivity index (χ2v) is 7.92. The first-order valence-electron chi connectivity index (χ1n) is 7.35. The van der Waals surface area contributed by atoms with Crippen LogP contribution in [0.15, 0.2) is 18.5 Å². The Morgan fingerprint density at radius 3 is 2.82 bits per heavy atom. The van der Waals surface area contributed by atoms with Crippen molar-refractivity contribution >= 4 is 21.4 Å². The molecular weight excluding hydrogens is 312 g/mol. The zero-order valence-corrected chi connectivity index (χ0v) is 13.2. The molecule has 1 aliphatic heterocycles. The Bertz CT molecular complexity index is 666. The summed E-state index contributed by atoms with van der Waals surface area (Å²) in [7, 11) is -1.92. The maximum atomic E-state index is 13.8. The van der Waals surface area contributed by atoms with Crippen LogP contribution < -0.4 is 9.21 Å². The van der Waals surface area contributed by atoms with Crippen LogP contribution in [0, 0.1) is 5.92 Å². The zero-order valence-electron chi connectivity index (χ0n) is 12.4. The van der Waals surface area contributed by atoms with E-state index >= 15 is 0 Å². The van der Waals surface area contributed by atoms with Crippen LogP contribution in [-0.2, 0) is 10.0 Å². The van der Waals surface area contributed by atoms with Gasteiger partial charge in [0.05, 0.1) is 29.9 Å². The topological polar surface area (TPSA) is 53.5 Å². The normalized spacial score (nSPS) is 24.4. The molecule has 1 unspecified atom stereocenters. The highest BCUT2D eigenvalue weighted by atomic mass is 32.2. The average Bonchev–Trinajstić information content (AvgIpc) is 2.77. The van der Waals surface area contributed by atoms with Crippen LogP contribution in [-0.4, -0.2) is 45.2 Å². The molecule has 8 heteroatoms. The molecule has 1 aromatic heterocycles. The monoisotopic (exact) mass is 331 g/mol. The van der Waals surface area contributed by atoms with Gasteiger partial charge in [0.1, 0.15) is 0 Å². The number of rotatable bonds is 3. The molecule has 0 N–H and O–H groups in total. The van der Waals surface area contributed by atoms with Gasteiger partial charge in [0.25, 0.3) is 5.92 Å². The highest BCUT2D eigenvalue weighted by Crippen LogP contribution is 2.42. The van der Waals surface area contributed by atoms with Gasteiger partial charge in [-0.2, -0.15) is 0 Å². The Morgan fingerprint density at radius 2 is 2.14 bits per heavy atom. The summed E-state index contributed by atoms with van der Waals surface area (Å²) in [5.41, 5.74) is 1.22. The molecule has 22 heavy (non-hydrogen) atoms. The fourth-order valence-electron chi connectivity index (χ4n) is 3.21. The van der Waals surface area contributed by atoms with Crippen LogP contribution >= 0.6 is 0 Å². The standard InChI is InChI=1S/C14H19F2N3O2S/c1-18-7-8-19(13-9-17-6-4-12(13)18)22(20,21)10-11-3-2-5-14(11,15)16/h4,6,9,11H,2-3,5,7-8,10H2,1H3. The van der Waals surface area contributed by atoms with E-state index in [9.17, 15) is 17.2 Å². The van der Waals surface area contributed by atoms with Gasteiger partial charge in [-0.25, -0.2) is 17.2 Å². The Balaban J connectivity index is 1.89. The van der Waals surface area contributed by atoms with Crippen LogP contribution in [0.25, 0.3) is 0 Å². The number of fused-ring (bicyclic) bond motifs is 1. The van der Waals surface area contributed by atoms with Crippen molar-refractivity contribution in [3.63, 3.8) is 0 Å². The minimum absolute atomic E-state index is 0.214. The number of hydrogen-bond donors (Lipinski definition) is 0. The highest BCUT2D eigenvalue weighted by molar-refractivity contribution is 7.92. The smallest absolute Gasteiger partial charge is 0.251 e. The van der Waals surface area contributed by atoms with Crippen LogP contribution in [0.2, 0.25) is 0 Å². The van der Waals surface area contributed by atoms with E-state index in [1.807, 2.05) is 11.9 Å². The second kappa shape index (κ2) is 5.33. The third-order valence-corrected chi connectivity index (χ3v) is 6.38. The van der Waals surface area contributed by atoms with Crippen molar-refractivity contribution in [1.82, 2.24) is 4.98 Å². The minimum atomic E-state index is -3.79. The largest absolute Gasteiger partial charge is 0.371 e. The predicted octanol–water partition coefficient (Wildman–Crippen LogP) is 2.10. The third kappa shape index (κ3) is 2.64. The summed E-state index contributed by atoms with van der Waals surface area (Å²) in [6.45, 7) is 0.785. The summed E-state index contributed by atoms with van der Waals surface area (Å²) < 4.78 is 54.1. The van der Waals surface area contributed by atoms with Crippen molar-refractivity contribution in [2.75, 3.05) is 35.1 Å². The van der Waals surface area contributed by atoms with Gasteiger partial charge in [-0.3, -0.25) is 9.29 Å². The SMILES string of the molecule is CN1CCN(S(=O)(=O)CC2CCCC2(F)F)c2cnccc21. The van der Waals surface area contributed by atoms with Crippen molar-refractivity contribution in [3.8, 4) is 0 Å². The Hall–Kier alpha value is -1.44. The molecule has 1 aliphatic carbocycles. The van der Waals surface area contributed by atoms with Crippen molar-refractivity contribution < 1.29 is 17.2 Å². The van der Waals surface area contributed by atoms with Crippen LogP contribution in [0.3, 0.4) is 0 Å². The minimum Gasteiger partial charge on any atom is -0.371 e. The number of aromatic nitrogens is 1. The zero-order chi connectivity index (χ0) is 16.0. The molecule has 2 aliphatic rings. The second-order valence-electron chi connectivity index (χ2n) is 5.99. The van der Waals surface area contributed by atoms with E-state index < -0.39 is 27.6 Å². The van der Waals surface area contributed by atoms with Gasteiger partial charge >= 0.3 is 0 Å². The van der Waals surface area contributed by atoms with Crippen molar-refractivity contribution in [3.05, 3.63) is 18.5 Å². The molecule has 1 atom stereocenters. The lowest BCUT2D eigenvalue weighted by Gasteiger charge is -2.36. The molecule has 2 heterocycles. The van der Waals surface area contributed by atoms with Crippen LogP contribution in [0.1, 0.15) is 19.3 Å². The first kappa shape index (κ1) is 15.5. The van der Waals surface area contributed by atoms with E-state index in [0.717, 1.165) is 5.69 Å². The summed E-state index contributed by atoms with van der Waals surface area (Å²) in [6.07, 6.45) is 3.51. The van der Waals surface area contributed by atoms with Gasteiger partial charge in [-0.15, -0.1) is 0 Å². The van der Waals surface area contributed by atoms with E-state index in [4.69, 9.17) is 0 Å². The van der Waals surface area contributed by atoms with Crippen LogP contribution in [0.4, 0.5) is 20.2 Å². The maximum absolute atomic E-state index is 13.8. The summed E-state index contributed by atoms with van der Waals surface area (Å²) in [6, 6.07) is 1.74. The number of anilines is 2. The quantitative estimate of drug-likeness (QED) is 0.851. The summed E-state index contributed by atoms with van der Waals surface area (Å²) in [5.74, 6) is -4.47. The molecule has 1 fully saturated rings. The number of sulfonamides is 1. The lowest BCUT2D eigenvalue weighted by molar-refractivity contribution is -0.0288. The number of halogens is 2. The number of hydrogen-bond acceptors (Lipinski definition) is 4. The third-order valence-electron chi connectivity index (χ3n) is 4.50. The van der Waals surface area contributed by atoms with Gasteiger partial charge in [-0.05, 0) is 18.9 Å². The summed E-state index contributed by atoms with van der Waals surface area (Å²) in [4.78, 5) is 5.91. The van der Waals surface area contributed by atoms with E-state index in [2.05, 4.69) is 4.98 Å². The number of nitrogens with zero attached hydrogens (tertiary/aromatic N) is 3. The molecule has 0 bridgehead atoms. The molecular formula is C14H19F2N3O2S. The molecule has 1 aromatic rings. The number of likely N-dealkylation sites (N-methyl/N-ethyl adjacent to an activating group) is 1. The Kier molecular flexibility index (Phi) is 3.74. The fourth-order valence-corrected chi connectivity index (χ4v) is 5.11. The van der Waals surface area contributed by atoms with Crippen molar-refractivity contribution in [2.45, 2.75) is 25.2 Å². The lowest BCUT2D eigenvalue weighted by Crippen LogP contribution is -2.45. The van der Waals surface area contributed by atoms with Gasteiger partial charge in [-0.1, -0.05) is 0 Å². The molecule has 0 saturated heterocycles. The summed E-state index contributed by atoms with van der Waals surface area (Å²) in [5, 5.41) is 0. The average molecular weight is 331 g/mol. The Morgan fingerprint density at radius 1 is 1.36 bits per heavy atom. The van der Waals surface area contributed by atoms with E-state index in [1.54, 1.807) is 12.3 Å². The summed E-state index contributed by atoms with van der Waals surface area (Å²) >= 11 is 0. The highest BCUT2D eigenvalue weighted by Gasteiger charge is 2.47. The first-order chi connectivity index (χ1) is 10.3. The van der Waals surface area contributed by atoms with E-state index in [-0.39, 0.29) is 19.4 Å².